The minimum absolute atomic E-state index is 0.153. The molecule has 2 rings (SSSR count). The zero-order valence-corrected chi connectivity index (χ0v) is 11.2. The minimum Gasteiger partial charge on any atom is -0.349 e. The molecule has 0 aliphatic carbocycles. The monoisotopic (exact) mass is 263 g/mol. The summed E-state index contributed by atoms with van der Waals surface area (Å²) >= 11 is 0. The van der Waals surface area contributed by atoms with E-state index in [4.69, 9.17) is 5.84 Å². The molecule has 1 aliphatic heterocycles. The van der Waals surface area contributed by atoms with Crippen molar-refractivity contribution in [3.63, 3.8) is 0 Å². The zero-order valence-electron chi connectivity index (χ0n) is 11.2. The van der Waals surface area contributed by atoms with Crippen molar-refractivity contribution in [3.05, 3.63) is 23.9 Å². The van der Waals surface area contributed by atoms with Gasteiger partial charge in [-0.15, -0.1) is 0 Å². The molecule has 1 unspecified atom stereocenters. The Morgan fingerprint density at radius 2 is 2.42 bits per heavy atom. The molecule has 0 aromatic carbocycles. The second kappa shape index (κ2) is 6.49. The molecular weight excluding hydrogens is 242 g/mol. The molecule has 1 saturated heterocycles. The quantitative estimate of drug-likeness (QED) is 0.535. The zero-order chi connectivity index (χ0) is 13.7. The lowest BCUT2D eigenvalue weighted by molar-refractivity contribution is 0.0936. The number of likely N-dealkylation sites (tertiary alicyclic amines) is 1. The van der Waals surface area contributed by atoms with Gasteiger partial charge in [-0.25, -0.2) is 10.8 Å². The van der Waals surface area contributed by atoms with E-state index in [1.54, 1.807) is 18.2 Å². The smallest absolute Gasteiger partial charge is 0.270 e. The van der Waals surface area contributed by atoms with Gasteiger partial charge in [0.05, 0.1) is 0 Å². The minimum atomic E-state index is -0.153. The Balaban J connectivity index is 1.90. The molecule has 0 spiro atoms. The Kier molecular flexibility index (Phi) is 4.70. The Labute approximate surface area is 113 Å². The molecule has 6 heteroatoms. The molecule has 0 saturated carbocycles. The summed E-state index contributed by atoms with van der Waals surface area (Å²) in [6.45, 7) is 4.99. The predicted molar refractivity (Wildman–Crippen MR) is 74.6 cm³/mol. The van der Waals surface area contributed by atoms with Gasteiger partial charge in [0.25, 0.3) is 5.91 Å². The van der Waals surface area contributed by atoms with E-state index in [1.165, 1.54) is 6.42 Å². The lowest BCUT2D eigenvalue weighted by atomic mass is 10.2. The molecule has 1 aliphatic rings. The van der Waals surface area contributed by atoms with Crippen LogP contribution >= 0.6 is 0 Å². The number of rotatable bonds is 5. The van der Waals surface area contributed by atoms with Crippen molar-refractivity contribution >= 4 is 11.7 Å². The van der Waals surface area contributed by atoms with Crippen molar-refractivity contribution in [1.82, 2.24) is 15.2 Å². The molecule has 104 valence electrons. The molecule has 6 nitrogen and oxygen atoms in total. The van der Waals surface area contributed by atoms with Crippen molar-refractivity contribution < 1.29 is 4.79 Å². The topological polar surface area (TPSA) is 83.3 Å². The highest BCUT2D eigenvalue weighted by atomic mass is 16.1. The van der Waals surface area contributed by atoms with Gasteiger partial charge >= 0.3 is 0 Å². The van der Waals surface area contributed by atoms with E-state index in [2.05, 4.69) is 27.6 Å². The Hall–Kier alpha value is -1.66. The summed E-state index contributed by atoms with van der Waals surface area (Å²) < 4.78 is 0. The van der Waals surface area contributed by atoms with Crippen LogP contribution in [-0.4, -0.2) is 41.5 Å². The van der Waals surface area contributed by atoms with Crippen LogP contribution in [-0.2, 0) is 0 Å². The van der Waals surface area contributed by atoms with Gasteiger partial charge in [-0.2, -0.15) is 0 Å². The largest absolute Gasteiger partial charge is 0.349 e. The number of hydrazine groups is 1. The maximum Gasteiger partial charge on any atom is 0.270 e. The first-order valence-electron chi connectivity index (χ1n) is 6.70. The molecule has 1 amide bonds. The van der Waals surface area contributed by atoms with Gasteiger partial charge in [-0.1, -0.05) is 13.0 Å². The van der Waals surface area contributed by atoms with E-state index in [-0.39, 0.29) is 5.91 Å². The maximum atomic E-state index is 12.0. The maximum absolute atomic E-state index is 12.0. The van der Waals surface area contributed by atoms with Crippen LogP contribution in [0.15, 0.2) is 18.2 Å². The Morgan fingerprint density at radius 1 is 1.58 bits per heavy atom. The summed E-state index contributed by atoms with van der Waals surface area (Å²) in [5, 5.41) is 2.94. The predicted octanol–water partition coefficient (Wildman–Crippen LogP) is 0.581. The first-order valence-corrected chi connectivity index (χ1v) is 6.70. The second-order valence-corrected chi connectivity index (χ2v) is 4.69. The van der Waals surface area contributed by atoms with Gasteiger partial charge in [-0.05, 0) is 38.1 Å². The summed E-state index contributed by atoms with van der Waals surface area (Å²) in [6, 6.07) is 5.60. The molecule has 2 heterocycles. The van der Waals surface area contributed by atoms with E-state index < -0.39 is 0 Å². The highest BCUT2D eigenvalue weighted by molar-refractivity contribution is 5.92. The molecule has 1 aromatic heterocycles. The summed E-state index contributed by atoms with van der Waals surface area (Å²) in [5.74, 6) is 5.61. The fourth-order valence-corrected chi connectivity index (χ4v) is 2.49. The number of carbonyl (C=O) groups excluding carboxylic acids is 1. The van der Waals surface area contributed by atoms with Gasteiger partial charge < -0.3 is 10.7 Å². The van der Waals surface area contributed by atoms with E-state index in [1.807, 2.05) is 0 Å². The van der Waals surface area contributed by atoms with Crippen LogP contribution in [0.3, 0.4) is 0 Å². The third kappa shape index (κ3) is 3.42. The van der Waals surface area contributed by atoms with Crippen LogP contribution in [0, 0.1) is 0 Å². The molecule has 0 radical (unpaired) electrons. The highest BCUT2D eigenvalue weighted by Gasteiger charge is 2.23. The van der Waals surface area contributed by atoms with Crippen molar-refractivity contribution in [2.75, 3.05) is 25.1 Å². The van der Waals surface area contributed by atoms with E-state index in [9.17, 15) is 4.79 Å². The Bertz CT molecular complexity index is 437. The van der Waals surface area contributed by atoms with Crippen LogP contribution in [0.25, 0.3) is 0 Å². The molecule has 0 bridgehead atoms. The number of likely N-dealkylation sites (N-methyl/N-ethyl adjacent to an activating group) is 1. The van der Waals surface area contributed by atoms with E-state index >= 15 is 0 Å². The normalized spacial score (nSPS) is 19.4. The lowest BCUT2D eigenvalue weighted by Gasteiger charge is -2.22. The third-order valence-corrected chi connectivity index (χ3v) is 3.53. The third-order valence-electron chi connectivity index (χ3n) is 3.53. The Morgan fingerprint density at radius 3 is 3.16 bits per heavy atom. The molecule has 1 atom stereocenters. The fourth-order valence-electron chi connectivity index (χ4n) is 2.49. The van der Waals surface area contributed by atoms with Gasteiger partial charge in [0.1, 0.15) is 11.5 Å². The number of hydrogen-bond acceptors (Lipinski definition) is 5. The average molecular weight is 263 g/mol. The summed E-state index contributed by atoms with van der Waals surface area (Å²) in [6.07, 6.45) is 2.35. The first-order chi connectivity index (χ1) is 9.24. The SMILES string of the molecule is CCN1CCCC1CNC(=O)c1cccc(NN)n1. The number of amides is 1. The standard InChI is InChI=1S/C13H21N5O/c1-2-18-8-4-5-10(18)9-15-13(19)11-6-3-7-12(16-11)17-14/h3,6-7,10H,2,4-5,8-9,14H2,1H3,(H,15,19)(H,16,17). The number of aromatic nitrogens is 1. The van der Waals surface area contributed by atoms with Crippen molar-refractivity contribution in [1.29, 1.82) is 0 Å². The van der Waals surface area contributed by atoms with Crippen LogP contribution in [0.4, 0.5) is 5.82 Å². The molecule has 1 fully saturated rings. The fraction of sp³-hybridized carbons (Fsp3) is 0.538. The van der Waals surface area contributed by atoms with Crippen molar-refractivity contribution in [2.24, 2.45) is 5.84 Å². The number of nitrogens with one attached hydrogen (secondary N) is 2. The van der Waals surface area contributed by atoms with Gasteiger partial charge in [0, 0.05) is 12.6 Å². The van der Waals surface area contributed by atoms with Gasteiger partial charge in [-0.3, -0.25) is 9.69 Å². The molecule has 19 heavy (non-hydrogen) atoms. The molecule has 4 N–H and O–H groups in total. The van der Waals surface area contributed by atoms with Crippen LogP contribution in [0.5, 0.6) is 0 Å². The molecular formula is C13H21N5O. The van der Waals surface area contributed by atoms with Gasteiger partial charge in [0.15, 0.2) is 0 Å². The number of carbonyl (C=O) groups is 1. The van der Waals surface area contributed by atoms with Crippen LogP contribution in [0.1, 0.15) is 30.3 Å². The van der Waals surface area contributed by atoms with E-state index in [0.29, 0.717) is 24.1 Å². The van der Waals surface area contributed by atoms with Crippen LogP contribution in [0.2, 0.25) is 0 Å². The van der Waals surface area contributed by atoms with Crippen LogP contribution < -0.4 is 16.6 Å². The lowest BCUT2D eigenvalue weighted by Crippen LogP contribution is -2.40. The highest BCUT2D eigenvalue weighted by Crippen LogP contribution is 2.15. The summed E-state index contributed by atoms with van der Waals surface area (Å²) in [7, 11) is 0. The summed E-state index contributed by atoms with van der Waals surface area (Å²) in [4.78, 5) is 18.5. The number of nitrogen functional groups attached to an aromatic ring is 1. The second-order valence-electron chi connectivity index (χ2n) is 4.69. The number of pyridine rings is 1. The number of nitrogens with zero attached hydrogens (tertiary/aromatic N) is 2. The summed E-state index contributed by atoms with van der Waals surface area (Å²) in [5.41, 5.74) is 2.82. The average Bonchev–Trinajstić information content (AvgIpc) is 2.92. The number of anilines is 1. The number of nitrogens with two attached hydrogens (primary N) is 1. The first kappa shape index (κ1) is 13.8. The van der Waals surface area contributed by atoms with Crippen molar-refractivity contribution in [2.45, 2.75) is 25.8 Å². The van der Waals surface area contributed by atoms with Gasteiger partial charge in [0.2, 0.25) is 0 Å². The van der Waals surface area contributed by atoms with E-state index in [0.717, 1.165) is 19.5 Å². The van der Waals surface area contributed by atoms with Crippen molar-refractivity contribution in [3.8, 4) is 0 Å². The molecule has 1 aromatic rings. The number of hydrogen-bond donors (Lipinski definition) is 3.